The molecule has 0 aromatic heterocycles. The Morgan fingerprint density at radius 1 is 0.966 bits per heavy atom. The highest BCUT2D eigenvalue weighted by Crippen LogP contribution is 2.11. The van der Waals surface area contributed by atoms with E-state index in [9.17, 15) is 19.2 Å². The largest absolute Gasteiger partial charge is 0.454 e. The fourth-order valence-corrected chi connectivity index (χ4v) is 2.49. The minimum Gasteiger partial charge on any atom is -0.454 e. The molecule has 9 heteroatoms. The van der Waals surface area contributed by atoms with E-state index < -0.39 is 30.4 Å². The van der Waals surface area contributed by atoms with Crippen LogP contribution in [0.25, 0.3) is 0 Å². The van der Waals surface area contributed by atoms with Gasteiger partial charge in [-0.05, 0) is 50.5 Å². The average molecular weight is 426 g/mol. The summed E-state index contributed by atoms with van der Waals surface area (Å²) in [5.41, 5.74) is 0.352. The monoisotopic (exact) mass is 425 g/mol. The van der Waals surface area contributed by atoms with Crippen LogP contribution in [0.15, 0.2) is 24.3 Å². The quantitative estimate of drug-likeness (QED) is 0.493. The van der Waals surface area contributed by atoms with Crippen molar-refractivity contribution < 1.29 is 23.9 Å². The maximum atomic E-state index is 12.4. The molecule has 8 nitrogen and oxygen atoms in total. The average Bonchev–Trinajstić information content (AvgIpc) is 2.63. The smallest absolute Gasteiger partial charge is 0.329 e. The van der Waals surface area contributed by atoms with Gasteiger partial charge in [-0.2, -0.15) is 0 Å². The number of hydrogen-bond acceptors (Lipinski definition) is 5. The first-order valence-corrected chi connectivity index (χ1v) is 9.75. The summed E-state index contributed by atoms with van der Waals surface area (Å²) in [6, 6.07) is 5.29. The maximum Gasteiger partial charge on any atom is 0.329 e. The first-order chi connectivity index (χ1) is 13.6. The van der Waals surface area contributed by atoms with Crippen molar-refractivity contribution in [1.82, 2.24) is 16.0 Å². The van der Waals surface area contributed by atoms with Gasteiger partial charge in [0.15, 0.2) is 6.61 Å². The van der Waals surface area contributed by atoms with Crippen molar-refractivity contribution in [1.29, 1.82) is 0 Å². The summed E-state index contributed by atoms with van der Waals surface area (Å²) >= 11 is 5.81. The lowest BCUT2D eigenvalue weighted by Crippen LogP contribution is -2.44. The van der Waals surface area contributed by atoms with Crippen LogP contribution >= 0.6 is 11.6 Å². The Bertz CT molecular complexity index is 719. The number of carbonyl (C=O) groups excluding carboxylic acids is 4. The summed E-state index contributed by atoms with van der Waals surface area (Å²) in [5, 5.41) is 8.11. The normalized spacial score (nSPS) is 11.7. The van der Waals surface area contributed by atoms with Gasteiger partial charge in [0.2, 0.25) is 5.91 Å². The van der Waals surface area contributed by atoms with Crippen LogP contribution in [0.2, 0.25) is 5.02 Å². The second-order valence-electron chi connectivity index (χ2n) is 7.27. The molecule has 0 heterocycles. The zero-order chi connectivity index (χ0) is 22.0. The highest BCUT2D eigenvalue weighted by molar-refractivity contribution is 6.30. The highest BCUT2D eigenvalue weighted by atomic mass is 35.5. The number of esters is 1. The lowest BCUT2D eigenvalue weighted by atomic mass is 10.0. The van der Waals surface area contributed by atoms with E-state index in [1.165, 1.54) is 0 Å². The van der Waals surface area contributed by atoms with Gasteiger partial charge in [-0.15, -0.1) is 0 Å². The Hall–Kier alpha value is -2.61. The fraction of sp³-hybridized carbons (Fsp3) is 0.500. The second-order valence-corrected chi connectivity index (χ2v) is 7.71. The molecule has 1 aromatic carbocycles. The van der Waals surface area contributed by atoms with E-state index in [0.29, 0.717) is 17.0 Å². The van der Waals surface area contributed by atoms with Crippen LogP contribution in [0.5, 0.6) is 0 Å². The van der Waals surface area contributed by atoms with Gasteiger partial charge in [-0.1, -0.05) is 25.4 Å². The molecule has 0 radical (unpaired) electrons. The Kier molecular flexibility index (Phi) is 10.2. The zero-order valence-corrected chi connectivity index (χ0v) is 17.8. The zero-order valence-electron chi connectivity index (χ0n) is 17.1. The van der Waals surface area contributed by atoms with Gasteiger partial charge in [-0.25, -0.2) is 4.79 Å². The number of hydrogen-bond donors (Lipinski definition) is 3. The number of ether oxygens (including phenoxy) is 1. The summed E-state index contributed by atoms with van der Waals surface area (Å²) in [6.07, 6.45) is 0.344. The second kappa shape index (κ2) is 12.1. The van der Waals surface area contributed by atoms with Crippen molar-refractivity contribution in [2.45, 2.75) is 46.2 Å². The first kappa shape index (κ1) is 24.4. The lowest BCUT2D eigenvalue weighted by Gasteiger charge is -2.19. The lowest BCUT2D eigenvalue weighted by molar-refractivity contribution is -0.150. The topological polar surface area (TPSA) is 114 Å². The molecule has 1 rings (SSSR count). The molecule has 29 heavy (non-hydrogen) atoms. The Morgan fingerprint density at radius 2 is 1.59 bits per heavy atom. The predicted molar refractivity (Wildman–Crippen MR) is 109 cm³/mol. The standard InChI is InChI=1S/C20H28ClN3O5/c1-12(2)9-16(24-19(27)14-5-7-15(21)8-6-14)20(28)29-11-18(26)22-10-17(25)23-13(3)4/h5-8,12-13,16H,9-11H2,1-4H3,(H,22,26)(H,23,25)(H,24,27)/t16-/m0/s1. The van der Waals surface area contributed by atoms with Crippen LogP contribution in [0.4, 0.5) is 0 Å². The third-order valence-electron chi connectivity index (χ3n) is 3.64. The van der Waals surface area contributed by atoms with E-state index in [0.717, 1.165) is 0 Å². The molecule has 0 fully saturated rings. The molecule has 1 atom stereocenters. The fourth-order valence-electron chi connectivity index (χ4n) is 2.37. The van der Waals surface area contributed by atoms with Crippen LogP contribution in [0.1, 0.15) is 44.5 Å². The van der Waals surface area contributed by atoms with Crippen molar-refractivity contribution in [3.05, 3.63) is 34.9 Å². The Labute approximate surface area is 175 Å². The number of amides is 3. The van der Waals surface area contributed by atoms with E-state index in [2.05, 4.69) is 16.0 Å². The van der Waals surface area contributed by atoms with Crippen molar-refractivity contribution in [3.63, 3.8) is 0 Å². The van der Waals surface area contributed by atoms with Crippen LogP contribution in [0, 0.1) is 5.92 Å². The van der Waals surface area contributed by atoms with Gasteiger partial charge < -0.3 is 20.7 Å². The molecular weight excluding hydrogens is 398 g/mol. The molecule has 0 unspecified atom stereocenters. The van der Waals surface area contributed by atoms with Gasteiger partial charge in [0.1, 0.15) is 6.04 Å². The van der Waals surface area contributed by atoms with Crippen molar-refractivity contribution >= 4 is 35.3 Å². The van der Waals surface area contributed by atoms with Crippen LogP contribution < -0.4 is 16.0 Å². The molecule has 0 aliphatic rings. The summed E-state index contributed by atoms with van der Waals surface area (Å²) in [5.74, 6) is -2.01. The SMILES string of the molecule is CC(C)C[C@H](NC(=O)c1ccc(Cl)cc1)C(=O)OCC(=O)NCC(=O)NC(C)C. The van der Waals surface area contributed by atoms with E-state index in [1.54, 1.807) is 38.1 Å². The summed E-state index contributed by atoms with van der Waals surface area (Å²) in [6.45, 7) is 6.64. The predicted octanol–water partition coefficient (Wildman–Crippen LogP) is 1.67. The van der Waals surface area contributed by atoms with E-state index >= 15 is 0 Å². The first-order valence-electron chi connectivity index (χ1n) is 9.37. The van der Waals surface area contributed by atoms with Crippen molar-refractivity contribution in [3.8, 4) is 0 Å². The minimum absolute atomic E-state index is 0.0433. The molecule has 0 saturated heterocycles. The number of rotatable bonds is 10. The molecule has 0 bridgehead atoms. The van der Waals surface area contributed by atoms with E-state index in [4.69, 9.17) is 16.3 Å². The van der Waals surface area contributed by atoms with E-state index in [1.807, 2.05) is 13.8 Å². The van der Waals surface area contributed by atoms with Gasteiger partial charge >= 0.3 is 5.97 Å². The molecule has 0 aliphatic carbocycles. The number of benzene rings is 1. The molecule has 3 N–H and O–H groups in total. The van der Waals surface area contributed by atoms with Gasteiger partial charge in [0.25, 0.3) is 11.8 Å². The van der Waals surface area contributed by atoms with Crippen molar-refractivity contribution in [2.24, 2.45) is 5.92 Å². The summed E-state index contributed by atoms with van der Waals surface area (Å²) < 4.78 is 5.02. The molecule has 3 amide bonds. The van der Waals surface area contributed by atoms with Crippen molar-refractivity contribution in [2.75, 3.05) is 13.2 Å². The molecular formula is C20H28ClN3O5. The summed E-state index contributed by atoms with van der Waals surface area (Å²) in [7, 11) is 0. The molecule has 160 valence electrons. The third kappa shape index (κ3) is 9.94. The third-order valence-corrected chi connectivity index (χ3v) is 3.90. The molecule has 0 aliphatic heterocycles. The van der Waals surface area contributed by atoms with Gasteiger partial charge in [0.05, 0.1) is 6.54 Å². The summed E-state index contributed by atoms with van der Waals surface area (Å²) in [4.78, 5) is 48.0. The van der Waals surface area contributed by atoms with Crippen LogP contribution in [-0.2, 0) is 19.1 Å². The number of nitrogens with one attached hydrogen (secondary N) is 3. The van der Waals surface area contributed by atoms with Crippen LogP contribution in [-0.4, -0.2) is 48.9 Å². The molecule has 0 spiro atoms. The van der Waals surface area contributed by atoms with Gasteiger partial charge in [0, 0.05) is 16.6 Å². The Balaban J connectivity index is 2.58. The molecule has 0 saturated carbocycles. The Morgan fingerprint density at radius 3 is 2.14 bits per heavy atom. The molecule has 1 aromatic rings. The van der Waals surface area contributed by atoms with E-state index in [-0.39, 0.29) is 24.4 Å². The van der Waals surface area contributed by atoms with Gasteiger partial charge in [-0.3, -0.25) is 14.4 Å². The highest BCUT2D eigenvalue weighted by Gasteiger charge is 2.24. The minimum atomic E-state index is -0.907. The van der Waals surface area contributed by atoms with Crippen LogP contribution in [0.3, 0.4) is 0 Å². The number of carbonyl (C=O) groups is 4. The maximum absolute atomic E-state index is 12.4. The number of halogens is 1.